The Hall–Kier alpha value is -1.49. The molecule has 1 aromatic rings. The summed E-state index contributed by atoms with van der Waals surface area (Å²) >= 11 is 0. The Morgan fingerprint density at radius 1 is 1.50 bits per heavy atom. The minimum Gasteiger partial charge on any atom is -0.480 e. The predicted octanol–water partition coefficient (Wildman–Crippen LogP) is 1.70. The van der Waals surface area contributed by atoms with Crippen molar-refractivity contribution in [3.05, 3.63) is 24.3 Å². The van der Waals surface area contributed by atoms with Crippen LogP contribution in [-0.4, -0.2) is 38.0 Å². The second kappa shape index (κ2) is 5.44. The highest BCUT2D eigenvalue weighted by molar-refractivity contribution is 5.79. The average Bonchev–Trinajstić information content (AvgIpc) is 2.75. The van der Waals surface area contributed by atoms with Crippen molar-refractivity contribution in [3.8, 4) is 0 Å². The molecule has 0 radical (unpaired) electrons. The summed E-state index contributed by atoms with van der Waals surface area (Å²) in [5.41, 5.74) is -0.714. The van der Waals surface area contributed by atoms with E-state index < -0.39 is 11.5 Å². The van der Waals surface area contributed by atoms with Crippen molar-refractivity contribution >= 4 is 5.97 Å². The van der Waals surface area contributed by atoms with Crippen LogP contribution in [0.3, 0.4) is 0 Å². The van der Waals surface area contributed by atoms with Crippen molar-refractivity contribution in [2.75, 3.05) is 6.54 Å². The van der Waals surface area contributed by atoms with E-state index in [1.54, 1.807) is 18.5 Å². The molecule has 98 valence electrons. The second-order valence-electron chi connectivity index (χ2n) is 4.78. The van der Waals surface area contributed by atoms with Crippen molar-refractivity contribution in [1.29, 1.82) is 0 Å². The summed E-state index contributed by atoms with van der Waals surface area (Å²) < 4.78 is 0. The molecule has 1 N–H and O–H groups in total. The molecule has 1 aliphatic rings. The molecule has 0 spiro atoms. The van der Waals surface area contributed by atoms with Gasteiger partial charge in [0, 0.05) is 12.4 Å². The smallest absolute Gasteiger partial charge is 0.324 e. The molecule has 1 unspecified atom stereocenters. The molecule has 0 saturated carbocycles. The summed E-state index contributed by atoms with van der Waals surface area (Å²) in [4.78, 5) is 22.0. The zero-order valence-corrected chi connectivity index (χ0v) is 10.7. The second-order valence-corrected chi connectivity index (χ2v) is 4.78. The number of hydrogen-bond acceptors (Lipinski definition) is 4. The van der Waals surface area contributed by atoms with Crippen LogP contribution in [0.25, 0.3) is 0 Å². The molecular weight excluding hydrogens is 230 g/mol. The third-order valence-electron chi connectivity index (χ3n) is 3.64. The van der Waals surface area contributed by atoms with Gasteiger partial charge in [-0.25, -0.2) is 9.97 Å². The summed E-state index contributed by atoms with van der Waals surface area (Å²) in [5, 5.41) is 9.56. The molecule has 0 aromatic carbocycles. The molecule has 1 fully saturated rings. The molecular formula is C13H19N3O2. The highest BCUT2D eigenvalue weighted by Gasteiger charge is 2.46. The van der Waals surface area contributed by atoms with Gasteiger partial charge in [0.2, 0.25) is 0 Å². The summed E-state index contributed by atoms with van der Waals surface area (Å²) in [6, 6.07) is 1.77. The van der Waals surface area contributed by atoms with Gasteiger partial charge in [-0.15, -0.1) is 0 Å². The minimum atomic E-state index is -0.714. The average molecular weight is 249 g/mol. The number of aromatic nitrogens is 2. The Bertz CT molecular complexity index is 410. The highest BCUT2D eigenvalue weighted by atomic mass is 16.4. The molecule has 5 heteroatoms. The van der Waals surface area contributed by atoms with E-state index >= 15 is 0 Å². The van der Waals surface area contributed by atoms with E-state index in [1.807, 2.05) is 11.8 Å². The molecule has 0 amide bonds. The molecule has 0 aliphatic carbocycles. The molecule has 2 heterocycles. The van der Waals surface area contributed by atoms with Gasteiger partial charge < -0.3 is 5.11 Å². The maximum atomic E-state index is 11.6. The fraction of sp³-hybridized carbons (Fsp3) is 0.615. The lowest BCUT2D eigenvalue weighted by atomic mass is 9.90. The fourth-order valence-electron chi connectivity index (χ4n) is 2.79. The molecule has 2 rings (SSSR count). The number of hydrogen-bond donors (Lipinski definition) is 1. The van der Waals surface area contributed by atoms with Crippen LogP contribution in [-0.2, 0) is 11.3 Å². The number of carbonyl (C=O) groups is 1. The molecule has 1 aliphatic heterocycles. The van der Waals surface area contributed by atoms with Crippen molar-refractivity contribution < 1.29 is 9.90 Å². The molecule has 0 bridgehead atoms. The Labute approximate surface area is 107 Å². The summed E-state index contributed by atoms with van der Waals surface area (Å²) in [6.45, 7) is 3.36. The van der Waals surface area contributed by atoms with E-state index in [1.165, 1.54) is 0 Å². The standard InChI is InChI=1S/C13H19N3O2/c1-2-5-13(12(17)18)6-3-9-16(13)10-11-14-7-4-8-15-11/h4,7-8H,2-3,5-6,9-10H2,1H3,(H,17,18). The zero-order chi connectivity index (χ0) is 13.0. The summed E-state index contributed by atoms with van der Waals surface area (Å²) in [5.74, 6) is -0.0149. The highest BCUT2D eigenvalue weighted by Crippen LogP contribution is 2.34. The number of nitrogens with zero attached hydrogens (tertiary/aromatic N) is 3. The van der Waals surface area contributed by atoms with Crippen molar-refractivity contribution in [3.63, 3.8) is 0 Å². The number of carboxylic acid groups (broad SMARTS) is 1. The van der Waals surface area contributed by atoms with Crippen LogP contribution in [0.15, 0.2) is 18.5 Å². The number of rotatable bonds is 5. The lowest BCUT2D eigenvalue weighted by Crippen LogP contribution is -2.50. The van der Waals surface area contributed by atoms with Crippen LogP contribution >= 0.6 is 0 Å². The van der Waals surface area contributed by atoms with Crippen LogP contribution in [0.1, 0.15) is 38.4 Å². The van der Waals surface area contributed by atoms with E-state index in [0.717, 1.165) is 25.8 Å². The number of likely N-dealkylation sites (tertiary alicyclic amines) is 1. The first-order valence-electron chi connectivity index (χ1n) is 6.43. The SMILES string of the molecule is CCCC1(C(=O)O)CCCN1Cc1ncccn1. The first-order chi connectivity index (χ1) is 8.69. The van der Waals surface area contributed by atoms with Gasteiger partial charge in [-0.3, -0.25) is 9.69 Å². The van der Waals surface area contributed by atoms with E-state index in [-0.39, 0.29) is 0 Å². The third kappa shape index (κ3) is 2.36. The van der Waals surface area contributed by atoms with Crippen LogP contribution in [0.5, 0.6) is 0 Å². The van der Waals surface area contributed by atoms with Gasteiger partial charge in [0.15, 0.2) is 0 Å². The maximum absolute atomic E-state index is 11.6. The predicted molar refractivity (Wildman–Crippen MR) is 67.0 cm³/mol. The zero-order valence-electron chi connectivity index (χ0n) is 10.7. The van der Waals surface area contributed by atoms with E-state index in [0.29, 0.717) is 18.8 Å². The lowest BCUT2D eigenvalue weighted by molar-refractivity contribution is -0.150. The van der Waals surface area contributed by atoms with Crippen LogP contribution < -0.4 is 0 Å². The van der Waals surface area contributed by atoms with Crippen LogP contribution in [0, 0.1) is 0 Å². The topological polar surface area (TPSA) is 66.3 Å². The van der Waals surface area contributed by atoms with E-state index in [2.05, 4.69) is 9.97 Å². The first kappa shape index (κ1) is 13.0. The maximum Gasteiger partial charge on any atom is 0.324 e. The first-order valence-corrected chi connectivity index (χ1v) is 6.43. The third-order valence-corrected chi connectivity index (χ3v) is 3.64. The van der Waals surface area contributed by atoms with E-state index in [4.69, 9.17) is 0 Å². The molecule has 1 atom stereocenters. The fourth-order valence-corrected chi connectivity index (χ4v) is 2.79. The Balaban J connectivity index is 2.18. The normalized spacial score (nSPS) is 24.3. The van der Waals surface area contributed by atoms with Gasteiger partial charge in [-0.1, -0.05) is 13.3 Å². The van der Waals surface area contributed by atoms with Gasteiger partial charge >= 0.3 is 5.97 Å². The monoisotopic (exact) mass is 249 g/mol. The number of carboxylic acids is 1. The van der Waals surface area contributed by atoms with Crippen molar-refractivity contribution in [1.82, 2.24) is 14.9 Å². The van der Waals surface area contributed by atoms with Gasteiger partial charge in [-0.05, 0) is 31.9 Å². The number of aliphatic carboxylic acids is 1. The molecule has 18 heavy (non-hydrogen) atoms. The minimum absolute atomic E-state index is 0.521. The molecule has 1 saturated heterocycles. The van der Waals surface area contributed by atoms with Crippen LogP contribution in [0.4, 0.5) is 0 Å². The quantitative estimate of drug-likeness (QED) is 0.860. The lowest BCUT2D eigenvalue weighted by Gasteiger charge is -2.34. The van der Waals surface area contributed by atoms with Gasteiger partial charge in [-0.2, -0.15) is 0 Å². The van der Waals surface area contributed by atoms with Crippen molar-refractivity contribution in [2.45, 2.75) is 44.7 Å². The van der Waals surface area contributed by atoms with Gasteiger partial charge in [0.1, 0.15) is 11.4 Å². The molecule has 1 aromatic heterocycles. The van der Waals surface area contributed by atoms with Crippen molar-refractivity contribution in [2.24, 2.45) is 0 Å². The summed E-state index contributed by atoms with van der Waals surface area (Å²) in [7, 11) is 0. The Morgan fingerprint density at radius 2 is 2.22 bits per heavy atom. The largest absolute Gasteiger partial charge is 0.480 e. The molecule has 5 nitrogen and oxygen atoms in total. The van der Waals surface area contributed by atoms with Gasteiger partial charge in [0.25, 0.3) is 0 Å². The Morgan fingerprint density at radius 3 is 2.83 bits per heavy atom. The van der Waals surface area contributed by atoms with Gasteiger partial charge in [0.05, 0.1) is 6.54 Å². The summed E-state index contributed by atoms with van der Waals surface area (Å²) in [6.07, 6.45) is 6.61. The van der Waals surface area contributed by atoms with E-state index in [9.17, 15) is 9.90 Å². The van der Waals surface area contributed by atoms with Crippen LogP contribution in [0.2, 0.25) is 0 Å². The Kier molecular flexibility index (Phi) is 3.91.